The zero-order valence-corrected chi connectivity index (χ0v) is 9.87. The maximum Gasteiger partial charge on any atom is -0.00204 e. The number of benzene rings is 1. The number of fused-ring (bicyclic) bond motifs is 1. The van der Waals surface area contributed by atoms with E-state index in [0.29, 0.717) is 0 Å². The minimum atomic E-state index is 1.04. The summed E-state index contributed by atoms with van der Waals surface area (Å²) in [5.74, 6) is 0. The molecule has 82 valence electrons. The quantitative estimate of drug-likeness (QED) is 0.685. The fourth-order valence-electron chi connectivity index (χ4n) is 2.32. The van der Waals surface area contributed by atoms with Gasteiger partial charge in [0.2, 0.25) is 0 Å². The van der Waals surface area contributed by atoms with E-state index in [4.69, 9.17) is 0 Å². The third kappa shape index (κ3) is 2.16. The lowest BCUT2D eigenvalue weighted by molar-refractivity contribution is 0.968. The van der Waals surface area contributed by atoms with Crippen molar-refractivity contribution in [3.8, 4) is 0 Å². The van der Waals surface area contributed by atoms with Gasteiger partial charge in [-0.15, -0.1) is 0 Å². The molecule has 0 saturated heterocycles. The summed E-state index contributed by atoms with van der Waals surface area (Å²) in [6.07, 6.45) is 9.65. The second kappa shape index (κ2) is 4.98. The number of hydrogen-bond donors (Lipinski definition) is 0. The van der Waals surface area contributed by atoms with Crippen LogP contribution in [0.25, 0.3) is 0 Å². The average molecular weight is 210 g/mol. The highest BCUT2D eigenvalue weighted by Crippen LogP contribution is 2.26. The summed E-state index contributed by atoms with van der Waals surface area (Å²) in [7, 11) is 0. The summed E-state index contributed by atoms with van der Waals surface area (Å²) in [5.41, 5.74) is 5.77. The van der Waals surface area contributed by atoms with Crippen molar-refractivity contribution in [1.82, 2.24) is 0 Å². The number of allylic oxidation sites excluding steroid dienone is 5. The summed E-state index contributed by atoms with van der Waals surface area (Å²) in [4.78, 5) is 0. The lowest BCUT2D eigenvalue weighted by Gasteiger charge is -2.05. The van der Waals surface area contributed by atoms with Crippen molar-refractivity contribution in [1.29, 1.82) is 0 Å². The van der Waals surface area contributed by atoms with E-state index in [0.717, 1.165) is 19.3 Å². The Hall–Kier alpha value is -1.56. The lowest BCUT2D eigenvalue weighted by atomic mass is 10.00. The molecule has 1 aliphatic carbocycles. The number of rotatable bonds is 2. The molecule has 0 spiro atoms. The summed E-state index contributed by atoms with van der Waals surface area (Å²) in [6.45, 7) is 6.00. The van der Waals surface area contributed by atoms with Gasteiger partial charge in [-0.3, -0.25) is 0 Å². The predicted octanol–water partition coefficient (Wildman–Crippen LogP) is 4.23. The SMILES string of the molecule is C=CC1=C(/C=C\C)Cc2ccccc2CC1. The zero-order valence-electron chi connectivity index (χ0n) is 9.87. The van der Waals surface area contributed by atoms with Crippen LogP contribution in [0.15, 0.2) is 60.2 Å². The molecule has 0 N–H and O–H groups in total. The first kappa shape index (κ1) is 10.9. The van der Waals surface area contributed by atoms with Crippen LogP contribution in [0.5, 0.6) is 0 Å². The van der Waals surface area contributed by atoms with Crippen molar-refractivity contribution in [3.63, 3.8) is 0 Å². The van der Waals surface area contributed by atoms with Gasteiger partial charge in [-0.2, -0.15) is 0 Å². The van der Waals surface area contributed by atoms with E-state index in [2.05, 4.69) is 49.9 Å². The molecule has 0 bridgehead atoms. The molecule has 1 aromatic carbocycles. The molecule has 0 heteroatoms. The fourth-order valence-corrected chi connectivity index (χ4v) is 2.32. The molecule has 0 nitrogen and oxygen atoms in total. The molecular formula is C16H18. The van der Waals surface area contributed by atoms with Gasteiger partial charge in [-0.25, -0.2) is 0 Å². The fraction of sp³-hybridized carbons (Fsp3) is 0.250. The maximum absolute atomic E-state index is 3.93. The normalized spacial score (nSPS) is 16.1. The summed E-state index contributed by atoms with van der Waals surface area (Å²) in [5, 5.41) is 0. The molecule has 0 fully saturated rings. The van der Waals surface area contributed by atoms with Gasteiger partial charge in [0.15, 0.2) is 0 Å². The zero-order chi connectivity index (χ0) is 11.4. The van der Waals surface area contributed by atoms with Crippen molar-refractivity contribution in [2.75, 3.05) is 0 Å². The summed E-state index contributed by atoms with van der Waals surface area (Å²) in [6, 6.07) is 8.75. The Bertz CT molecular complexity index is 447. The van der Waals surface area contributed by atoms with E-state index < -0.39 is 0 Å². The summed E-state index contributed by atoms with van der Waals surface area (Å²) >= 11 is 0. The van der Waals surface area contributed by atoms with Gasteiger partial charge in [-0.05, 0) is 48.5 Å². The molecule has 0 aliphatic heterocycles. The van der Waals surface area contributed by atoms with E-state index in [9.17, 15) is 0 Å². The van der Waals surface area contributed by atoms with Crippen LogP contribution in [0.2, 0.25) is 0 Å². The van der Waals surface area contributed by atoms with Crippen LogP contribution in [0.3, 0.4) is 0 Å². The monoisotopic (exact) mass is 210 g/mol. The second-order valence-electron chi connectivity index (χ2n) is 4.20. The van der Waals surface area contributed by atoms with Crippen molar-refractivity contribution in [3.05, 3.63) is 71.3 Å². The van der Waals surface area contributed by atoms with Crippen LogP contribution >= 0.6 is 0 Å². The molecule has 1 aromatic rings. The molecule has 0 saturated carbocycles. The molecule has 0 amide bonds. The van der Waals surface area contributed by atoms with E-state index in [1.165, 1.54) is 22.3 Å². The molecule has 0 atom stereocenters. The largest absolute Gasteiger partial charge is 0.0988 e. The molecule has 16 heavy (non-hydrogen) atoms. The van der Waals surface area contributed by atoms with Gasteiger partial charge in [0, 0.05) is 0 Å². The Balaban J connectivity index is 2.41. The van der Waals surface area contributed by atoms with E-state index in [1.54, 1.807) is 0 Å². The van der Waals surface area contributed by atoms with Crippen molar-refractivity contribution in [2.45, 2.75) is 26.2 Å². The predicted molar refractivity (Wildman–Crippen MR) is 70.5 cm³/mol. The van der Waals surface area contributed by atoms with Crippen LogP contribution in [0.4, 0.5) is 0 Å². The van der Waals surface area contributed by atoms with Gasteiger partial charge in [0.1, 0.15) is 0 Å². The standard InChI is InChI=1S/C16H18/c1-3-7-15-12-16-9-6-5-8-14(16)11-10-13(15)4-2/h3-9H,2,10-12H2,1H3/b7-3-. The maximum atomic E-state index is 3.93. The van der Waals surface area contributed by atoms with Crippen LogP contribution in [0.1, 0.15) is 24.5 Å². The van der Waals surface area contributed by atoms with E-state index in [1.807, 2.05) is 6.08 Å². The van der Waals surface area contributed by atoms with Gasteiger partial charge < -0.3 is 0 Å². The first-order chi connectivity index (χ1) is 7.85. The van der Waals surface area contributed by atoms with Crippen molar-refractivity contribution >= 4 is 0 Å². The van der Waals surface area contributed by atoms with Gasteiger partial charge in [0.25, 0.3) is 0 Å². The third-order valence-electron chi connectivity index (χ3n) is 3.19. The smallest absolute Gasteiger partial charge is 0.00204 e. The molecule has 1 aliphatic rings. The van der Waals surface area contributed by atoms with Crippen LogP contribution in [-0.2, 0) is 12.8 Å². The molecule has 0 aromatic heterocycles. The first-order valence-electron chi connectivity index (χ1n) is 5.89. The molecule has 0 unspecified atom stereocenters. The Kier molecular flexibility index (Phi) is 3.40. The highest BCUT2D eigenvalue weighted by Gasteiger charge is 2.11. The average Bonchev–Trinajstić information content (AvgIpc) is 2.48. The Labute approximate surface area is 98.0 Å². The van der Waals surface area contributed by atoms with Crippen LogP contribution < -0.4 is 0 Å². The van der Waals surface area contributed by atoms with Crippen LogP contribution in [0, 0.1) is 0 Å². The third-order valence-corrected chi connectivity index (χ3v) is 3.19. The van der Waals surface area contributed by atoms with Crippen molar-refractivity contribution < 1.29 is 0 Å². The van der Waals surface area contributed by atoms with Gasteiger partial charge >= 0.3 is 0 Å². The highest BCUT2D eigenvalue weighted by atomic mass is 14.2. The Morgan fingerprint density at radius 2 is 1.81 bits per heavy atom. The van der Waals surface area contributed by atoms with Gasteiger partial charge in [0.05, 0.1) is 0 Å². The van der Waals surface area contributed by atoms with E-state index in [-0.39, 0.29) is 0 Å². The van der Waals surface area contributed by atoms with E-state index >= 15 is 0 Å². The van der Waals surface area contributed by atoms with Crippen LogP contribution in [-0.4, -0.2) is 0 Å². The summed E-state index contributed by atoms with van der Waals surface area (Å²) < 4.78 is 0. The van der Waals surface area contributed by atoms with Crippen molar-refractivity contribution in [2.24, 2.45) is 0 Å². The highest BCUT2D eigenvalue weighted by molar-refractivity contribution is 5.42. The molecular weight excluding hydrogens is 192 g/mol. The number of hydrogen-bond acceptors (Lipinski definition) is 0. The molecule has 2 rings (SSSR count). The number of aryl methyl sites for hydroxylation is 1. The second-order valence-corrected chi connectivity index (χ2v) is 4.20. The minimum Gasteiger partial charge on any atom is -0.0988 e. The lowest BCUT2D eigenvalue weighted by Crippen LogP contribution is -1.91. The molecule has 0 heterocycles. The van der Waals surface area contributed by atoms with Gasteiger partial charge in [-0.1, -0.05) is 49.1 Å². The first-order valence-corrected chi connectivity index (χ1v) is 5.89. The minimum absolute atomic E-state index is 1.04. The topological polar surface area (TPSA) is 0 Å². The Morgan fingerprint density at radius 3 is 2.50 bits per heavy atom. The molecule has 0 radical (unpaired) electrons. The Morgan fingerprint density at radius 1 is 1.06 bits per heavy atom.